The number of hydrogen-bond acceptors (Lipinski definition) is 2. The van der Waals surface area contributed by atoms with E-state index in [2.05, 4.69) is 31.3 Å². The number of pyridine rings is 1. The molecule has 2 unspecified atom stereocenters. The molecule has 0 radical (unpaired) electrons. The van der Waals surface area contributed by atoms with E-state index >= 15 is 0 Å². The lowest BCUT2D eigenvalue weighted by atomic mass is 9.78. The highest BCUT2D eigenvalue weighted by molar-refractivity contribution is 5.41. The molecule has 1 aromatic heterocycles. The quantitative estimate of drug-likeness (QED) is 0.879. The fourth-order valence-electron chi connectivity index (χ4n) is 3.83. The van der Waals surface area contributed by atoms with Crippen LogP contribution in [0.4, 0.5) is 5.82 Å². The topological polar surface area (TPSA) is 24.9 Å². The molecular formula is C17H26N2. The van der Waals surface area contributed by atoms with Crippen molar-refractivity contribution < 1.29 is 0 Å². The Hall–Kier alpha value is -1.05. The van der Waals surface area contributed by atoms with Crippen molar-refractivity contribution in [3.8, 4) is 0 Å². The molecular weight excluding hydrogens is 232 g/mol. The number of fused-ring (bicyclic) bond motifs is 1. The van der Waals surface area contributed by atoms with E-state index in [0.717, 1.165) is 17.7 Å². The van der Waals surface area contributed by atoms with Gasteiger partial charge >= 0.3 is 0 Å². The molecule has 2 nitrogen and oxygen atoms in total. The van der Waals surface area contributed by atoms with Gasteiger partial charge in [0.15, 0.2) is 0 Å². The predicted octanol–water partition coefficient (Wildman–Crippen LogP) is 4.20. The Labute approximate surface area is 117 Å². The Balaban J connectivity index is 1.72. The monoisotopic (exact) mass is 258 g/mol. The first-order valence-corrected chi connectivity index (χ1v) is 7.99. The zero-order valence-electron chi connectivity index (χ0n) is 12.3. The van der Waals surface area contributed by atoms with Crippen LogP contribution in [-0.2, 0) is 12.8 Å². The van der Waals surface area contributed by atoms with E-state index in [0.29, 0.717) is 6.04 Å². The zero-order chi connectivity index (χ0) is 13.2. The minimum absolute atomic E-state index is 0.626. The fourth-order valence-corrected chi connectivity index (χ4v) is 3.83. The second-order valence-electron chi connectivity index (χ2n) is 6.60. The number of hydrogen-bond donors (Lipinski definition) is 1. The molecule has 1 heterocycles. The van der Waals surface area contributed by atoms with Crippen LogP contribution in [0.5, 0.6) is 0 Å². The van der Waals surface area contributed by atoms with Gasteiger partial charge in [-0.2, -0.15) is 0 Å². The van der Waals surface area contributed by atoms with Crippen molar-refractivity contribution >= 4 is 5.82 Å². The lowest BCUT2D eigenvalue weighted by Crippen LogP contribution is -2.35. The van der Waals surface area contributed by atoms with Gasteiger partial charge in [0.25, 0.3) is 0 Å². The normalized spacial score (nSPS) is 26.5. The third kappa shape index (κ3) is 2.77. The van der Waals surface area contributed by atoms with Crippen molar-refractivity contribution in [2.24, 2.45) is 11.8 Å². The number of aryl methyl sites for hydroxylation is 2. The largest absolute Gasteiger partial charge is 0.367 e. The van der Waals surface area contributed by atoms with E-state index in [9.17, 15) is 0 Å². The van der Waals surface area contributed by atoms with E-state index < -0.39 is 0 Å². The van der Waals surface area contributed by atoms with Crippen LogP contribution in [0, 0.1) is 11.8 Å². The van der Waals surface area contributed by atoms with Gasteiger partial charge in [0.1, 0.15) is 5.82 Å². The first-order valence-electron chi connectivity index (χ1n) is 7.99. The minimum Gasteiger partial charge on any atom is -0.367 e. The molecule has 2 heteroatoms. The Morgan fingerprint density at radius 2 is 1.95 bits per heavy atom. The minimum atomic E-state index is 0.626. The molecule has 1 N–H and O–H groups in total. The highest BCUT2D eigenvalue weighted by Crippen LogP contribution is 2.32. The molecule has 3 rings (SSSR count). The fraction of sp³-hybridized carbons (Fsp3) is 0.706. The zero-order valence-corrected chi connectivity index (χ0v) is 12.3. The van der Waals surface area contributed by atoms with Gasteiger partial charge in [-0.3, -0.25) is 0 Å². The highest BCUT2D eigenvalue weighted by atomic mass is 15.0. The standard InChI is InChI=1S/C17H26N2/c1-12(2)14-7-3-4-8-16(14)19-17-11-10-13-6-5-9-15(13)18-17/h10-12,14,16H,3-9H2,1-2H3,(H,18,19). The van der Waals surface area contributed by atoms with Crippen LogP contribution in [0.2, 0.25) is 0 Å². The summed E-state index contributed by atoms with van der Waals surface area (Å²) >= 11 is 0. The summed E-state index contributed by atoms with van der Waals surface area (Å²) in [6, 6.07) is 5.10. The first-order chi connectivity index (χ1) is 9.24. The van der Waals surface area contributed by atoms with Gasteiger partial charge in [-0.25, -0.2) is 4.98 Å². The summed E-state index contributed by atoms with van der Waals surface area (Å²) < 4.78 is 0. The molecule has 1 aromatic rings. The molecule has 104 valence electrons. The van der Waals surface area contributed by atoms with Crippen LogP contribution in [-0.4, -0.2) is 11.0 Å². The second-order valence-corrected chi connectivity index (χ2v) is 6.60. The number of aromatic nitrogens is 1. The van der Waals surface area contributed by atoms with E-state index in [1.54, 1.807) is 0 Å². The van der Waals surface area contributed by atoms with Crippen molar-refractivity contribution in [1.82, 2.24) is 4.98 Å². The molecule has 0 bridgehead atoms. The van der Waals surface area contributed by atoms with Gasteiger partial charge in [0.2, 0.25) is 0 Å². The van der Waals surface area contributed by atoms with Crippen molar-refractivity contribution in [3.63, 3.8) is 0 Å². The molecule has 0 amide bonds. The van der Waals surface area contributed by atoms with Crippen LogP contribution in [0.1, 0.15) is 57.2 Å². The first kappa shape index (κ1) is 13.0. The maximum atomic E-state index is 4.83. The summed E-state index contributed by atoms with van der Waals surface area (Å²) in [6.07, 6.45) is 9.12. The van der Waals surface area contributed by atoms with Crippen molar-refractivity contribution in [2.45, 2.75) is 64.8 Å². The van der Waals surface area contributed by atoms with Crippen LogP contribution in [0.3, 0.4) is 0 Å². The van der Waals surface area contributed by atoms with Gasteiger partial charge in [0.05, 0.1) is 0 Å². The Morgan fingerprint density at radius 1 is 1.11 bits per heavy atom. The summed E-state index contributed by atoms with van der Waals surface area (Å²) in [6.45, 7) is 4.72. The molecule has 1 fully saturated rings. The third-order valence-electron chi connectivity index (χ3n) is 4.94. The van der Waals surface area contributed by atoms with Crippen LogP contribution in [0.25, 0.3) is 0 Å². The average Bonchev–Trinajstić information content (AvgIpc) is 2.86. The number of nitrogens with zero attached hydrogens (tertiary/aromatic N) is 1. The Bertz CT molecular complexity index is 439. The highest BCUT2D eigenvalue weighted by Gasteiger charge is 2.27. The van der Waals surface area contributed by atoms with Gasteiger partial charge in [0, 0.05) is 11.7 Å². The van der Waals surface area contributed by atoms with Gasteiger partial charge in [-0.1, -0.05) is 32.8 Å². The smallest absolute Gasteiger partial charge is 0.126 e. The molecule has 0 aliphatic heterocycles. The van der Waals surface area contributed by atoms with Crippen LogP contribution < -0.4 is 5.32 Å². The van der Waals surface area contributed by atoms with Crippen molar-refractivity contribution in [2.75, 3.05) is 5.32 Å². The van der Waals surface area contributed by atoms with Crippen LogP contribution >= 0.6 is 0 Å². The van der Waals surface area contributed by atoms with Gasteiger partial charge in [-0.15, -0.1) is 0 Å². The summed E-state index contributed by atoms with van der Waals surface area (Å²) in [4.78, 5) is 4.83. The molecule has 1 saturated carbocycles. The SMILES string of the molecule is CC(C)C1CCCCC1Nc1ccc2c(n1)CCC2. The molecule has 0 saturated heterocycles. The summed E-state index contributed by atoms with van der Waals surface area (Å²) in [7, 11) is 0. The summed E-state index contributed by atoms with van der Waals surface area (Å²) in [5.74, 6) is 2.69. The van der Waals surface area contributed by atoms with E-state index in [-0.39, 0.29) is 0 Å². The van der Waals surface area contributed by atoms with E-state index in [4.69, 9.17) is 4.98 Å². The Kier molecular flexibility index (Phi) is 3.76. The van der Waals surface area contributed by atoms with Crippen molar-refractivity contribution in [3.05, 3.63) is 23.4 Å². The maximum Gasteiger partial charge on any atom is 0.126 e. The lowest BCUT2D eigenvalue weighted by Gasteiger charge is -2.35. The maximum absolute atomic E-state index is 4.83. The average molecular weight is 258 g/mol. The number of nitrogens with one attached hydrogen (secondary N) is 1. The molecule has 0 aromatic carbocycles. The van der Waals surface area contributed by atoms with E-state index in [1.165, 1.54) is 56.2 Å². The number of rotatable bonds is 3. The molecule has 2 aliphatic rings. The molecule has 19 heavy (non-hydrogen) atoms. The third-order valence-corrected chi connectivity index (χ3v) is 4.94. The summed E-state index contributed by atoms with van der Waals surface area (Å²) in [5.41, 5.74) is 2.80. The Morgan fingerprint density at radius 3 is 2.79 bits per heavy atom. The van der Waals surface area contributed by atoms with Crippen LogP contribution in [0.15, 0.2) is 12.1 Å². The number of anilines is 1. The molecule has 2 atom stereocenters. The van der Waals surface area contributed by atoms with Gasteiger partial charge in [-0.05, 0) is 55.6 Å². The lowest BCUT2D eigenvalue weighted by molar-refractivity contribution is 0.253. The van der Waals surface area contributed by atoms with Gasteiger partial charge < -0.3 is 5.32 Å². The second kappa shape index (κ2) is 5.52. The molecule has 2 aliphatic carbocycles. The van der Waals surface area contributed by atoms with Crippen molar-refractivity contribution in [1.29, 1.82) is 0 Å². The van der Waals surface area contributed by atoms with E-state index in [1.807, 2.05) is 0 Å². The summed E-state index contributed by atoms with van der Waals surface area (Å²) in [5, 5.41) is 3.73. The predicted molar refractivity (Wildman–Crippen MR) is 80.5 cm³/mol. The molecule has 0 spiro atoms.